The minimum absolute atomic E-state index is 0.186. The van der Waals surface area contributed by atoms with Crippen molar-refractivity contribution in [2.45, 2.75) is 19.3 Å². The Hall–Kier alpha value is -2.10. The first kappa shape index (κ1) is 12.0. The van der Waals surface area contributed by atoms with Crippen molar-refractivity contribution in [3.8, 4) is 11.5 Å². The van der Waals surface area contributed by atoms with Gasteiger partial charge in [0.1, 0.15) is 0 Å². The van der Waals surface area contributed by atoms with Crippen molar-refractivity contribution in [1.29, 1.82) is 0 Å². The Morgan fingerprint density at radius 3 is 2.53 bits per heavy atom. The monoisotopic (exact) mass is 257 g/mol. The van der Waals surface area contributed by atoms with E-state index < -0.39 is 0 Å². The Kier molecular flexibility index (Phi) is 2.85. The minimum Gasteiger partial charge on any atom is -0.493 e. The average molecular weight is 257 g/mol. The molecule has 98 valence electrons. The van der Waals surface area contributed by atoms with Gasteiger partial charge in [-0.3, -0.25) is 9.78 Å². The van der Waals surface area contributed by atoms with Crippen LogP contribution in [0.15, 0.2) is 18.2 Å². The molecule has 1 aromatic heterocycles. The van der Waals surface area contributed by atoms with Crippen LogP contribution in [0, 0.1) is 0 Å². The number of carbonyl (C=O) groups excluding carboxylic acids is 1. The number of methoxy groups -OCH3 is 2. The first-order valence-electron chi connectivity index (χ1n) is 6.32. The highest BCUT2D eigenvalue weighted by molar-refractivity contribution is 6.01. The fraction of sp³-hybridized carbons (Fsp3) is 0.333. The van der Waals surface area contributed by atoms with Crippen molar-refractivity contribution >= 4 is 16.7 Å². The van der Waals surface area contributed by atoms with E-state index in [9.17, 15) is 4.79 Å². The van der Waals surface area contributed by atoms with E-state index in [0.717, 1.165) is 35.0 Å². The molecule has 1 heterocycles. The average Bonchev–Trinajstić information content (AvgIpc) is 2.44. The number of pyridine rings is 1. The van der Waals surface area contributed by atoms with Gasteiger partial charge in [0.15, 0.2) is 17.3 Å². The number of ketones is 1. The number of aromatic nitrogens is 1. The lowest BCUT2D eigenvalue weighted by atomic mass is 9.93. The van der Waals surface area contributed by atoms with Crippen LogP contribution in [0.25, 0.3) is 10.9 Å². The molecule has 0 atom stereocenters. The number of Topliss-reactive ketones (excluding diaryl/α,β-unsaturated/α-hetero) is 1. The summed E-state index contributed by atoms with van der Waals surface area (Å²) in [7, 11) is 3.20. The number of aryl methyl sites for hydroxylation is 1. The first-order valence-corrected chi connectivity index (χ1v) is 6.32. The second-order valence-corrected chi connectivity index (χ2v) is 4.66. The minimum atomic E-state index is 0.186. The summed E-state index contributed by atoms with van der Waals surface area (Å²) in [6, 6.07) is 5.64. The highest BCUT2D eigenvalue weighted by atomic mass is 16.5. The molecule has 1 aliphatic rings. The summed E-state index contributed by atoms with van der Waals surface area (Å²) in [5, 5.41) is 0.909. The third kappa shape index (κ3) is 1.93. The molecule has 4 nitrogen and oxygen atoms in total. The zero-order chi connectivity index (χ0) is 13.4. The number of rotatable bonds is 2. The molecule has 0 aliphatic heterocycles. The number of nitrogens with zero attached hydrogens (tertiary/aromatic N) is 1. The van der Waals surface area contributed by atoms with Crippen LogP contribution in [0.2, 0.25) is 0 Å². The molecule has 0 saturated heterocycles. The Labute approximate surface area is 111 Å². The van der Waals surface area contributed by atoms with Crippen LogP contribution in [0.4, 0.5) is 0 Å². The summed E-state index contributed by atoms with van der Waals surface area (Å²) in [6.07, 6.45) is 2.37. The molecule has 0 saturated carbocycles. The standard InChI is InChI=1S/C15H15NO3/c1-18-14-7-9-6-10-11(4-3-5-13(10)17)16-12(9)8-15(14)19-2/h6-8H,3-5H2,1-2H3. The van der Waals surface area contributed by atoms with E-state index in [4.69, 9.17) is 9.47 Å². The van der Waals surface area contributed by atoms with Gasteiger partial charge in [0, 0.05) is 23.4 Å². The van der Waals surface area contributed by atoms with Crippen LogP contribution in [0.3, 0.4) is 0 Å². The van der Waals surface area contributed by atoms with Gasteiger partial charge in [0.25, 0.3) is 0 Å². The number of carbonyl (C=O) groups is 1. The van der Waals surface area contributed by atoms with Gasteiger partial charge in [-0.05, 0) is 25.0 Å². The summed E-state index contributed by atoms with van der Waals surface area (Å²) >= 11 is 0. The number of fused-ring (bicyclic) bond motifs is 2. The Balaban J connectivity index is 2.25. The van der Waals surface area contributed by atoms with E-state index in [2.05, 4.69) is 4.98 Å². The lowest BCUT2D eigenvalue weighted by Gasteiger charge is -2.15. The molecule has 3 rings (SSSR count). The van der Waals surface area contributed by atoms with Crippen molar-refractivity contribution < 1.29 is 14.3 Å². The topological polar surface area (TPSA) is 48.4 Å². The van der Waals surface area contributed by atoms with Gasteiger partial charge >= 0.3 is 0 Å². The van der Waals surface area contributed by atoms with E-state index in [1.807, 2.05) is 18.2 Å². The van der Waals surface area contributed by atoms with Crippen LogP contribution in [0.1, 0.15) is 28.9 Å². The van der Waals surface area contributed by atoms with Crippen LogP contribution >= 0.6 is 0 Å². The second-order valence-electron chi connectivity index (χ2n) is 4.66. The molecule has 1 aromatic carbocycles. The highest BCUT2D eigenvalue weighted by Crippen LogP contribution is 2.33. The summed E-state index contributed by atoms with van der Waals surface area (Å²) in [4.78, 5) is 16.5. The maximum Gasteiger partial charge on any atom is 0.164 e. The van der Waals surface area contributed by atoms with Crippen molar-refractivity contribution in [2.75, 3.05) is 14.2 Å². The number of hydrogen-bond acceptors (Lipinski definition) is 4. The Morgan fingerprint density at radius 2 is 1.79 bits per heavy atom. The van der Waals surface area contributed by atoms with Gasteiger partial charge in [-0.15, -0.1) is 0 Å². The van der Waals surface area contributed by atoms with Crippen molar-refractivity contribution in [2.24, 2.45) is 0 Å². The molecular weight excluding hydrogens is 242 g/mol. The van der Waals surface area contributed by atoms with Crippen LogP contribution in [-0.4, -0.2) is 25.0 Å². The van der Waals surface area contributed by atoms with E-state index in [-0.39, 0.29) is 5.78 Å². The van der Waals surface area contributed by atoms with Crippen molar-refractivity contribution in [3.05, 3.63) is 29.5 Å². The molecule has 2 aromatic rings. The first-order chi connectivity index (χ1) is 9.22. The molecule has 0 fully saturated rings. The predicted octanol–water partition coefficient (Wildman–Crippen LogP) is 2.77. The number of hydrogen-bond donors (Lipinski definition) is 0. The SMILES string of the molecule is COc1cc2cc3c(nc2cc1OC)CCCC3=O. The smallest absolute Gasteiger partial charge is 0.164 e. The predicted molar refractivity (Wildman–Crippen MR) is 72.1 cm³/mol. The molecule has 0 N–H and O–H groups in total. The third-order valence-electron chi connectivity index (χ3n) is 3.52. The lowest BCUT2D eigenvalue weighted by molar-refractivity contribution is 0.0972. The molecular formula is C15H15NO3. The van der Waals surface area contributed by atoms with E-state index >= 15 is 0 Å². The van der Waals surface area contributed by atoms with Gasteiger partial charge < -0.3 is 9.47 Å². The van der Waals surface area contributed by atoms with Gasteiger partial charge in [-0.1, -0.05) is 0 Å². The molecule has 0 spiro atoms. The van der Waals surface area contributed by atoms with Crippen molar-refractivity contribution in [3.63, 3.8) is 0 Å². The lowest BCUT2D eigenvalue weighted by Crippen LogP contribution is -2.12. The van der Waals surface area contributed by atoms with Gasteiger partial charge in [0.05, 0.1) is 25.4 Å². The second kappa shape index (κ2) is 4.53. The van der Waals surface area contributed by atoms with E-state index in [1.165, 1.54) is 0 Å². The number of ether oxygens (including phenoxy) is 2. The fourth-order valence-electron chi connectivity index (χ4n) is 2.52. The Morgan fingerprint density at radius 1 is 1.05 bits per heavy atom. The summed E-state index contributed by atoms with van der Waals surface area (Å²) < 4.78 is 10.6. The summed E-state index contributed by atoms with van der Waals surface area (Å²) in [5.41, 5.74) is 2.49. The van der Waals surface area contributed by atoms with Crippen LogP contribution in [-0.2, 0) is 6.42 Å². The maximum atomic E-state index is 11.9. The molecule has 0 bridgehead atoms. The number of benzene rings is 1. The molecule has 0 unspecified atom stereocenters. The van der Waals surface area contributed by atoms with Gasteiger partial charge in [0.2, 0.25) is 0 Å². The van der Waals surface area contributed by atoms with Crippen LogP contribution < -0.4 is 9.47 Å². The summed E-state index contributed by atoms with van der Waals surface area (Å²) in [5.74, 6) is 1.50. The zero-order valence-corrected chi connectivity index (χ0v) is 11.0. The Bertz CT molecular complexity index is 664. The van der Waals surface area contributed by atoms with E-state index in [1.54, 1.807) is 14.2 Å². The molecule has 19 heavy (non-hydrogen) atoms. The maximum absolute atomic E-state index is 11.9. The molecule has 0 radical (unpaired) electrons. The highest BCUT2D eigenvalue weighted by Gasteiger charge is 2.19. The quantitative estimate of drug-likeness (QED) is 0.830. The molecule has 0 amide bonds. The van der Waals surface area contributed by atoms with Crippen LogP contribution in [0.5, 0.6) is 11.5 Å². The van der Waals surface area contributed by atoms with E-state index in [0.29, 0.717) is 17.9 Å². The van der Waals surface area contributed by atoms with Crippen molar-refractivity contribution in [1.82, 2.24) is 4.98 Å². The largest absolute Gasteiger partial charge is 0.493 e. The summed E-state index contributed by atoms with van der Waals surface area (Å²) in [6.45, 7) is 0. The fourth-order valence-corrected chi connectivity index (χ4v) is 2.52. The van der Waals surface area contributed by atoms with Gasteiger partial charge in [-0.2, -0.15) is 0 Å². The normalized spacial score (nSPS) is 14.3. The molecule has 4 heteroatoms. The third-order valence-corrected chi connectivity index (χ3v) is 3.52. The zero-order valence-electron chi connectivity index (χ0n) is 11.0. The molecule has 1 aliphatic carbocycles. The van der Waals surface area contributed by atoms with Gasteiger partial charge in [-0.25, -0.2) is 0 Å².